The minimum Gasteiger partial charge on any atom is -0.478 e. The zero-order chi connectivity index (χ0) is 21.8. The molecule has 0 atom stereocenters. The minimum absolute atomic E-state index is 0.0289. The summed E-state index contributed by atoms with van der Waals surface area (Å²) in [5.41, 5.74) is -0.964. The number of rotatable bonds is 5. The molecule has 2 fully saturated rings. The Labute approximate surface area is 187 Å². The molecule has 1 aromatic heterocycles. The summed E-state index contributed by atoms with van der Waals surface area (Å²) in [5, 5.41) is 0.633. The van der Waals surface area contributed by atoms with Crippen LogP contribution in [0.5, 0.6) is 5.75 Å². The van der Waals surface area contributed by atoms with E-state index >= 15 is 0 Å². The Morgan fingerprint density at radius 3 is 2.35 bits per heavy atom. The molecule has 1 aromatic carbocycles. The summed E-state index contributed by atoms with van der Waals surface area (Å²) in [7, 11) is 0. The molecule has 3 heterocycles. The van der Waals surface area contributed by atoms with E-state index in [-0.39, 0.29) is 5.91 Å². The second kappa shape index (κ2) is 9.28. The summed E-state index contributed by atoms with van der Waals surface area (Å²) in [6.45, 7) is 9.25. The zero-order valence-electron chi connectivity index (χ0n) is 18.0. The largest absolute Gasteiger partial charge is 0.478 e. The lowest BCUT2D eigenvalue weighted by Gasteiger charge is -2.39. The molecule has 0 N–H and O–H groups in total. The quantitative estimate of drug-likeness (QED) is 0.700. The lowest BCUT2D eigenvalue weighted by molar-refractivity contribution is -0.145. The maximum atomic E-state index is 13.1. The third-order valence-corrected chi connectivity index (χ3v) is 5.77. The van der Waals surface area contributed by atoms with Gasteiger partial charge in [-0.15, -0.1) is 0 Å². The van der Waals surface area contributed by atoms with Crippen LogP contribution in [-0.4, -0.2) is 78.9 Å². The van der Waals surface area contributed by atoms with Crippen LogP contribution in [0.4, 0.5) is 11.8 Å². The number of nitrogens with zero attached hydrogens (tertiary/aromatic N) is 5. The third-order valence-electron chi connectivity index (χ3n) is 5.51. The SMILES string of the molecule is CC(C)(Oc1ccc(Cl)cc1)C(=O)N1CCN(c2ccnc(N3CCOCC3)n2)CC1. The van der Waals surface area contributed by atoms with E-state index in [2.05, 4.69) is 14.8 Å². The van der Waals surface area contributed by atoms with Crippen LogP contribution >= 0.6 is 11.6 Å². The lowest BCUT2D eigenvalue weighted by atomic mass is 10.1. The van der Waals surface area contributed by atoms with Gasteiger partial charge in [-0.3, -0.25) is 4.79 Å². The van der Waals surface area contributed by atoms with Crippen molar-refractivity contribution in [3.8, 4) is 5.75 Å². The first kappa shape index (κ1) is 21.6. The van der Waals surface area contributed by atoms with Crippen LogP contribution in [0.2, 0.25) is 5.02 Å². The number of anilines is 2. The van der Waals surface area contributed by atoms with Gasteiger partial charge in [-0.1, -0.05) is 11.6 Å². The molecule has 2 saturated heterocycles. The number of piperazine rings is 1. The highest BCUT2D eigenvalue weighted by Gasteiger charge is 2.36. The number of amides is 1. The van der Waals surface area contributed by atoms with Crippen LogP contribution in [0.1, 0.15) is 13.8 Å². The van der Waals surface area contributed by atoms with Gasteiger partial charge in [0.1, 0.15) is 11.6 Å². The van der Waals surface area contributed by atoms with Crippen molar-refractivity contribution >= 4 is 29.3 Å². The van der Waals surface area contributed by atoms with E-state index < -0.39 is 5.60 Å². The van der Waals surface area contributed by atoms with Crippen LogP contribution in [0.15, 0.2) is 36.5 Å². The molecule has 0 bridgehead atoms. The van der Waals surface area contributed by atoms with Crippen molar-refractivity contribution in [3.63, 3.8) is 0 Å². The number of morpholine rings is 1. The third kappa shape index (κ3) is 5.19. The first-order valence-electron chi connectivity index (χ1n) is 10.6. The number of aromatic nitrogens is 2. The summed E-state index contributed by atoms with van der Waals surface area (Å²) in [5.74, 6) is 2.22. The van der Waals surface area contributed by atoms with E-state index in [1.807, 2.05) is 11.0 Å². The number of carbonyl (C=O) groups is 1. The van der Waals surface area contributed by atoms with Gasteiger partial charge in [-0.05, 0) is 44.2 Å². The molecule has 2 aliphatic rings. The van der Waals surface area contributed by atoms with Gasteiger partial charge in [0, 0.05) is 50.5 Å². The summed E-state index contributed by atoms with van der Waals surface area (Å²) in [6, 6.07) is 8.98. The van der Waals surface area contributed by atoms with Crippen LogP contribution < -0.4 is 14.5 Å². The predicted octanol–water partition coefficient (Wildman–Crippen LogP) is 2.47. The van der Waals surface area contributed by atoms with Gasteiger partial charge in [-0.25, -0.2) is 4.98 Å². The van der Waals surface area contributed by atoms with Gasteiger partial charge in [-0.2, -0.15) is 4.98 Å². The number of carbonyl (C=O) groups excluding carboxylic acids is 1. The first-order valence-corrected chi connectivity index (χ1v) is 10.9. The number of halogens is 1. The van der Waals surface area contributed by atoms with Crippen molar-refractivity contribution in [2.45, 2.75) is 19.4 Å². The highest BCUT2D eigenvalue weighted by Crippen LogP contribution is 2.24. The maximum absolute atomic E-state index is 13.1. The van der Waals surface area contributed by atoms with Crippen molar-refractivity contribution in [1.29, 1.82) is 0 Å². The fourth-order valence-electron chi connectivity index (χ4n) is 3.79. The fourth-order valence-corrected chi connectivity index (χ4v) is 3.92. The Morgan fingerprint density at radius 2 is 1.68 bits per heavy atom. The lowest BCUT2D eigenvalue weighted by Crippen LogP contribution is -2.56. The zero-order valence-corrected chi connectivity index (χ0v) is 18.7. The normalized spacial score (nSPS) is 17.6. The first-order chi connectivity index (χ1) is 14.9. The van der Waals surface area contributed by atoms with E-state index in [1.54, 1.807) is 44.3 Å². The molecule has 1 amide bonds. The van der Waals surface area contributed by atoms with Crippen molar-refractivity contribution in [2.75, 3.05) is 62.3 Å². The second-order valence-electron chi connectivity index (χ2n) is 8.16. The van der Waals surface area contributed by atoms with Crippen molar-refractivity contribution in [3.05, 3.63) is 41.6 Å². The number of benzene rings is 1. The smallest absolute Gasteiger partial charge is 0.266 e. The Hall–Kier alpha value is -2.58. The highest BCUT2D eigenvalue weighted by atomic mass is 35.5. The molecule has 166 valence electrons. The summed E-state index contributed by atoms with van der Waals surface area (Å²) in [4.78, 5) is 28.5. The summed E-state index contributed by atoms with van der Waals surface area (Å²) in [6.07, 6.45) is 1.80. The molecule has 9 heteroatoms. The highest BCUT2D eigenvalue weighted by molar-refractivity contribution is 6.30. The molecule has 0 aliphatic carbocycles. The van der Waals surface area contributed by atoms with Crippen LogP contribution in [0.25, 0.3) is 0 Å². The van der Waals surface area contributed by atoms with Gasteiger partial charge in [0.05, 0.1) is 13.2 Å². The molecular weight excluding hydrogens is 418 g/mol. The van der Waals surface area contributed by atoms with E-state index in [4.69, 9.17) is 26.1 Å². The van der Waals surface area contributed by atoms with E-state index in [9.17, 15) is 4.79 Å². The van der Waals surface area contributed by atoms with Crippen LogP contribution in [0.3, 0.4) is 0 Å². The molecule has 0 unspecified atom stereocenters. The van der Waals surface area contributed by atoms with Gasteiger partial charge in [0.2, 0.25) is 5.95 Å². The minimum atomic E-state index is -0.964. The molecule has 4 rings (SSSR count). The maximum Gasteiger partial charge on any atom is 0.266 e. The van der Waals surface area contributed by atoms with Gasteiger partial charge >= 0.3 is 0 Å². The Morgan fingerprint density at radius 1 is 1.00 bits per heavy atom. The summed E-state index contributed by atoms with van der Waals surface area (Å²) >= 11 is 5.93. The van der Waals surface area contributed by atoms with Crippen LogP contribution in [0, 0.1) is 0 Å². The van der Waals surface area contributed by atoms with Crippen molar-refractivity contribution < 1.29 is 14.3 Å². The van der Waals surface area contributed by atoms with Gasteiger partial charge in [0.25, 0.3) is 5.91 Å². The van der Waals surface area contributed by atoms with Crippen LogP contribution in [-0.2, 0) is 9.53 Å². The second-order valence-corrected chi connectivity index (χ2v) is 8.60. The Balaban J connectivity index is 1.35. The van der Waals surface area contributed by atoms with E-state index in [1.165, 1.54) is 0 Å². The topological polar surface area (TPSA) is 71.0 Å². The van der Waals surface area contributed by atoms with E-state index in [0.717, 1.165) is 24.9 Å². The van der Waals surface area contributed by atoms with E-state index in [0.29, 0.717) is 50.2 Å². The van der Waals surface area contributed by atoms with Crippen molar-refractivity contribution in [1.82, 2.24) is 14.9 Å². The molecule has 0 radical (unpaired) electrons. The molecule has 0 saturated carbocycles. The molecule has 0 spiro atoms. The van der Waals surface area contributed by atoms with Gasteiger partial charge in [0.15, 0.2) is 5.60 Å². The number of hydrogen-bond donors (Lipinski definition) is 0. The molecular formula is C22H28ClN5O3. The van der Waals surface area contributed by atoms with Crippen molar-refractivity contribution in [2.24, 2.45) is 0 Å². The fraction of sp³-hybridized carbons (Fsp3) is 0.500. The monoisotopic (exact) mass is 445 g/mol. The number of hydrogen-bond acceptors (Lipinski definition) is 7. The molecule has 31 heavy (non-hydrogen) atoms. The summed E-state index contributed by atoms with van der Waals surface area (Å²) < 4.78 is 11.4. The molecule has 8 nitrogen and oxygen atoms in total. The number of ether oxygens (including phenoxy) is 2. The Kier molecular flexibility index (Phi) is 6.48. The standard InChI is InChI=1S/C22H28ClN5O3/c1-22(2,31-18-5-3-17(23)4-6-18)20(29)27-11-9-26(10-12-27)19-7-8-24-21(25-19)28-13-15-30-16-14-28/h3-8H,9-16H2,1-2H3. The predicted molar refractivity (Wildman–Crippen MR) is 120 cm³/mol. The van der Waals surface area contributed by atoms with Gasteiger partial charge < -0.3 is 24.2 Å². The Bertz CT molecular complexity index is 894. The molecule has 2 aliphatic heterocycles. The average Bonchev–Trinajstić information content (AvgIpc) is 2.81. The molecule has 2 aromatic rings. The average molecular weight is 446 g/mol.